The molecule has 21 heavy (non-hydrogen) atoms. The normalized spacial score (nSPS) is 18.5. The zero-order valence-electron chi connectivity index (χ0n) is 12.0. The van der Waals surface area contributed by atoms with Crippen molar-refractivity contribution in [1.29, 1.82) is 0 Å². The molecule has 0 fully saturated rings. The highest BCUT2D eigenvalue weighted by atomic mass is 16.5. The molecule has 0 radical (unpaired) electrons. The third-order valence-corrected chi connectivity index (χ3v) is 3.99. The lowest BCUT2D eigenvalue weighted by atomic mass is 9.86. The summed E-state index contributed by atoms with van der Waals surface area (Å²) in [5.74, 6) is 1.86. The molecule has 2 aromatic rings. The van der Waals surface area contributed by atoms with E-state index in [1.54, 1.807) is 19.5 Å². The molecule has 4 nitrogen and oxygen atoms in total. The van der Waals surface area contributed by atoms with Crippen molar-refractivity contribution in [3.8, 4) is 11.5 Å². The second-order valence-corrected chi connectivity index (χ2v) is 5.24. The molecule has 110 valence electrons. The fourth-order valence-electron chi connectivity index (χ4n) is 2.89. The Morgan fingerprint density at radius 3 is 3.10 bits per heavy atom. The van der Waals surface area contributed by atoms with Gasteiger partial charge in [0.15, 0.2) is 0 Å². The molecule has 1 N–H and O–H groups in total. The molecule has 0 saturated carbocycles. The van der Waals surface area contributed by atoms with Gasteiger partial charge in [-0.05, 0) is 36.5 Å². The fourth-order valence-corrected chi connectivity index (χ4v) is 2.89. The van der Waals surface area contributed by atoms with Crippen LogP contribution in [-0.4, -0.2) is 23.8 Å². The van der Waals surface area contributed by atoms with E-state index in [1.165, 1.54) is 5.56 Å². The molecule has 2 atom stereocenters. The Balaban J connectivity index is 1.81. The first-order valence-corrected chi connectivity index (χ1v) is 7.17. The Labute approximate surface area is 124 Å². The number of benzene rings is 1. The van der Waals surface area contributed by atoms with Crippen LogP contribution in [0.1, 0.15) is 36.0 Å². The van der Waals surface area contributed by atoms with Crippen molar-refractivity contribution < 1.29 is 14.6 Å². The predicted octanol–water partition coefficient (Wildman–Crippen LogP) is 3.08. The number of hydrogen-bond acceptors (Lipinski definition) is 4. The van der Waals surface area contributed by atoms with Crippen LogP contribution in [-0.2, 0) is 0 Å². The van der Waals surface area contributed by atoms with Gasteiger partial charge in [-0.15, -0.1) is 0 Å². The number of aliphatic hydroxyl groups excluding tert-OH is 1. The number of nitrogens with zero attached hydrogens (tertiary/aromatic N) is 1. The molecule has 4 heteroatoms. The number of hydrogen-bond donors (Lipinski definition) is 1. The zero-order chi connectivity index (χ0) is 14.7. The minimum atomic E-state index is -0.570. The Morgan fingerprint density at radius 2 is 2.24 bits per heavy atom. The summed E-state index contributed by atoms with van der Waals surface area (Å²) in [6, 6.07) is 9.87. The van der Waals surface area contributed by atoms with Crippen molar-refractivity contribution in [3.63, 3.8) is 0 Å². The molecule has 3 rings (SSSR count). The van der Waals surface area contributed by atoms with Crippen LogP contribution in [0.15, 0.2) is 42.7 Å². The summed E-state index contributed by atoms with van der Waals surface area (Å²) >= 11 is 0. The molecule has 1 aliphatic rings. The van der Waals surface area contributed by atoms with E-state index < -0.39 is 6.10 Å². The standard InChI is InChI=1S/C17H19NO3/c1-20-17-11-18-8-6-14(17)15(19)10-12-7-9-21-16-5-3-2-4-13(12)16/h2-6,8,11-12,15,19H,7,9-10H2,1H3. The van der Waals surface area contributed by atoms with Gasteiger partial charge >= 0.3 is 0 Å². The molecule has 1 aromatic heterocycles. The van der Waals surface area contributed by atoms with Gasteiger partial charge in [0.1, 0.15) is 11.5 Å². The second kappa shape index (κ2) is 6.14. The van der Waals surface area contributed by atoms with E-state index >= 15 is 0 Å². The fraction of sp³-hybridized carbons (Fsp3) is 0.353. The van der Waals surface area contributed by atoms with Crippen molar-refractivity contribution in [1.82, 2.24) is 4.98 Å². The highest BCUT2D eigenvalue weighted by Gasteiger charge is 2.25. The summed E-state index contributed by atoms with van der Waals surface area (Å²) in [7, 11) is 1.59. The topological polar surface area (TPSA) is 51.6 Å². The maximum atomic E-state index is 10.6. The van der Waals surface area contributed by atoms with E-state index in [9.17, 15) is 5.11 Å². The van der Waals surface area contributed by atoms with Gasteiger partial charge in [0, 0.05) is 11.8 Å². The van der Waals surface area contributed by atoms with Crippen molar-refractivity contribution in [2.45, 2.75) is 24.9 Å². The quantitative estimate of drug-likeness (QED) is 0.938. The van der Waals surface area contributed by atoms with Gasteiger partial charge in [0.2, 0.25) is 0 Å². The van der Waals surface area contributed by atoms with Crippen LogP contribution in [0.5, 0.6) is 11.5 Å². The number of rotatable bonds is 4. The van der Waals surface area contributed by atoms with Crippen molar-refractivity contribution in [2.75, 3.05) is 13.7 Å². The Kier molecular flexibility index (Phi) is 4.06. The zero-order valence-corrected chi connectivity index (χ0v) is 12.0. The van der Waals surface area contributed by atoms with Gasteiger partial charge in [0.25, 0.3) is 0 Å². The molecule has 1 aliphatic heterocycles. The lowest BCUT2D eigenvalue weighted by Gasteiger charge is -2.27. The van der Waals surface area contributed by atoms with Gasteiger partial charge in [-0.1, -0.05) is 18.2 Å². The number of fused-ring (bicyclic) bond motifs is 1. The van der Waals surface area contributed by atoms with E-state index in [4.69, 9.17) is 9.47 Å². The average Bonchev–Trinajstić information content (AvgIpc) is 2.55. The monoisotopic (exact) mass is 285 g/mol. The predicted molar refractivity (Wildman–Crippen MR) is 79.7 cm³/mol. The van der Waals surface area contributed by atoms with E-state index in [1.807, 2.05) is 24.3 Å². The number of ether oxygens (including phenoxy) is 2. The number of aromatic nitrogens is 1. The third kappa shape index (κ3) is 2.85. The average molecular weight is 285 g/mol. The number of aliphatic hydroxyl groups is 1. The smallest absolute Gasteiger partial charge is 0.142 e. The van der Waals surface area contributed by atoms with Crippen LogP contribution in [0.2, 0.25) is 0 Å². The summed E-state index contributed by atoms with van der Waals surface area (Å²) in [5.41, 5.74) is 1.97. The minimum absolute atomic E-state index is 0.294. The van der Waals surface area contributed by atoms with Crippen LogP contribution in [0.4, 0.5) is 0 Å². The van der Waals surface area contributed by atoms with Gasteiger partial charge < -0.3 is 14.6 Å². The molecule has 2 heterocycles. The third-order valence-electron chi connectivity index (χ3n) is 3.99. The van der Waals surface area contributed by atoms with Crippen molar-refractivity contribution >= 4 is 0 Å². The van der Waals surface area contributed by atoms with Crippen LogP contribution in [0, 0.1) is 0 Å². The van der Waals surface area contributed by atoms with Gasteiger partial charge in [0.05, 0.1) is 26.0 Å². The van der Waals surface area contributed by atoms with E-state index in [-0.39, 0.29) is 0 Å². The lowest BCUT2D eigenvalue weighted by Crippen LogP contribution is -2.16. The maximum Gasteiger partial charge on any atom is 0.142 e. The largest absolute Gasteiger partial charge is 0.495 e. The first-order valence-electron chi connectivity index (χ1n) is 7.17. The number of methoxy groups -OCH3 is 1. The minimum Gasteiger partial charge on any atom is -0.495 e. The summed E-state index contributed by atoms with van der Waals surface area (Å²) < 4.78 is 10.9. The SMILES string of the molecule is COc1cnccc1C(O)CC1CCOc2ccccc21. The van der Waals surface area contributed by atoms with E-state index in [0.717, 1.165) is 17.7 Å². The maximum absolute atomic E-state index is 10.6. The molecule has 0 spiro atoms. The molecule has 0 aliphatic carbocycles. The van der Waals surface area contributed by atoms with Crippen LogP contribution in [0.3, 0.4) is 0 Å². The summed E-state index contributed by atoms with van der Waals surface area (Å²) in [6.45, 7) is 0.696. The van der Waals surface area contributed by atoms with Crippen molar-refractivity contribution in [3.05, 3.63) is 53.9 Å². The Hall–Kier alpha value is -2.07. The highest BCUT2D eigenvalue weighted by Crippen LogP contribution is 2.39. The molecule has 2 unspecified atom stereocenters. The van der Waals surface area contributed by atoms with Crippen LogP contribution < -0.4 is 9.47 Å². The second-order valence-electron chi connectivity index (χ2n) is 5.24. The van der Waals surface area contributed by atoms with Crippen LogP contribution in [0.25, 0.3) is 0 Å². The van der Waals surface area contributed by atoms with Crippen LogP contribution >= 0.6 is 0 Å². The van der Waals surface area contributed by atoms with Gasteiger partial charge in [-0.25, -0.2) is 0 Å². The first kappa shape index (κ1) is 13.9. The first-order chi connectivity index (χ1) is 10.3. The molecule has 0 amide bonds. The molecule has 1 aromatic carbocycles. The van der Waals surface area contributed by atoms with Gasteiger partial charge in [-0.3, -0.25) is 4.98 Å². The van der Waals surface area contributed by atoms with Gasteiger partial charge in [-0.2, -0.15) is 0 Å². The highest BCUT2D eigenvalue weighted by molar-refractivity contribution is 5.38. The molecular weight excluding hydrogens is 266 g/mol. The Morgan fingerprint density at radius 1 is 1.38 bits per heavy atom. The molecule has 0 saturated heterocycles. The van der Waals surface area contributed by atoms with E-state index in [2.05, 4.69) is 11.1 Å². The summed E-state index contributed by atoms with van der Waals surface area (Å²) in [6.07, 6.45) is 4.32. The summed E-state index contributed by atoms with van der Waals surface area (Å²) in [5, 5.41) is 10.6. The number of para-hydroxylation sites is 1. The Bertz CT molecular complexity index is 614. The van der Waals surface area contributed by atoms with Crippen molar-refractivity contribution in [2.24, 2.45) is 0 Å². The van der Waals surface area contributed by atoms with E-state index in [0.29, 0.717) is 24.7 Å². The molecule has 0 bridgehead atoms. The number of pyridine rings is 1. The molecular formula is C17H19NO3. The summed E-state index contributed by atoms with van der Waals surface area (Å²) in [4.78, 5) is 4.03. The lowest BCUT2D eigenvalue weighted by molar-refractivity contribution is 0.142.